The molecule has 0 unspecified atom stereocenters. The van der Waals surface area contributed by atoms with Crippen LogP contribution in [-0.4, -0.2) is 44.0 Å². The smallest absolute Gasteiger partial charge is 0.225 e. The number of aryl methyl sites for hydroxylation is 1. The van der Waals surface area contributed by atoms with E-state index in [1.54, 1.807) is 18.1 Å². The van der Waals surface area contributed by atoms with Gasteiger partial charge < -0.3 is 4.90 Å². The number of anilines is 1. The molecular weight excluding hydrogens is 262 g/mol. The number of halogens is 1. The highest BCUT2D eigenvalue weighted by Crippen LogP contribution is 2.11. The highest BCUT2D eigenvalue weighted by atomic mass is 35.5. The van der Waals surface area contributed by atoms with E-state index in [0.29, 0.717) is 18.4 Å². The third-order valence-electron chi connectivity index (χ3n) is 2.35. The molecule has 5 nitrogen and oxygen atoms in total. The van der Waals surface area contributed by atoms with E-state index in [2.05, 4.69) is 9.97 Å². The van der Waals surface area contributed by atoms with Crippen LogP contribution in [0.3, 0.4) is 0 Å². The Bertz CT molecular complexity index is 490. The minimum absolute atomic E-state index is 0.0865. The van der Waals surface area contributed by atoms with Crippen LogP contribution in [0.4, 0.5) is 5.95 Å². The first-order valence-electron chi connectivity index (χ1n) is 5.11. The summed E-state index contributed by atoms with van der Waals surface area (Å²) >= 11 is 5.71. The Morgan fingerprint density at radius 1 is 1.47 bits per heavy atom. The van der Waals surface area contributed by atoms with Crippen molar-refractivity contribution in [3.63, 3.8) is 0 Å². The lowest BCUT2D eigenvalue weighted by molar-refractivity contribution is 0.600. The summed E-state index contributed by atoms with van der Waals surface area (Å²) in [6.07, 6.45) is 2.88. The molecule has 0 atom stereocenters. The van der Waals surface area contributed by atoms with Gasteiger partial charge in [-0.25, -0.2) is 18.4 Å². The number of sulfone groups is 1. The highest BCUT2D eigenvalue weighted by molar-refractivity contribution is 7.90. The van der Waals surface area contributed by atoms with Crippen molar-refractivity contribution in [2.24, 2.45) is 0 Å². The molecule has 0 bridgehead atoms. The van der Waals surface area contributed by atoms with Crippen LogP contribution in [0.1, 0.15) is 11.3 Å². The van der Waals surface area contributed by atoms with E-state index in [9.17, 15) is 8.42 Å². The molecule has 0 aromatic carbocycles. The van der Waals surface area contributed by atoms with E-state index < -0.39 is 9.84 Å². The maximum atomic E-state index is 11.0. The lowest BCUT2D eigenvalue weighted by Crippen LogP contribution is -2.26. The third kappa shape index (κ3) is 4.47. The highest BCUT2D eigenvalue weighted by Gasteiger charge is 2.10. The quantitative estimate of drug-likeness (QED) is 0.752. The van der Waals surface area contributed by atoms with Crippen LogP contribution in [-0.2, 0) is 15.7 Å². The molecule has 1 heterocycles. The van der Waals surface area contributed by atoms with Gasteiger partial charge in [0.05, 0.1) is 11.6 Å². The normalized spacial score (nSPS) is 11.5. The molecule has 1 aromatic heterocycles. The van der Waals surface area contributed by atoms with Gasteiger partial charge in [0.25, 0.3) is 0 Å². The standard InChI is InChI=1S/C10H16ClN3O2S/c1-8-9(6-11)7-12-10(13-8)14(2)4-5-17(3,15)16/h7H,4-6H2,1-3H3. The van der Waals surface area contributed by atoms with Crippen molar-refractivity contribution >= 4 is 27.4 Å². The molecule has 0 saturated heterocycles. The predicted octanol–water partition coefficient (Wildman–Crippen LogP) is 1.00. The molecule has 17 heavy (non-hydrogen) atoms. The second-order valence-corrected chi connectivity index (χ2v) is 6.49. The van der Waals surface area contributed by atoms with Gasteiger partial charge in [-0.1, -0.05) is 0 Å². The van der Waals surface area contributed by atoms with Gasteiger partial charge in [0, 0.05) is 37.3 Å². The zero-order chi connectivity index (χ0) is 13.1. The first-order chi connectivity index (χ1) is 7.83. The summed E-state index contributed by atoms with van der Waals surface area (Å²) in [5.74, 6) is 0.975. The summed E-state index contributed by atoms with van der Waals surface area (Å²) in [6.45, 7) is 2.23. The van der Waals surface area contributed by atoms with E-state index >= 15 is 0 Å². The number of hydrogen-bond donors (Lipinski definition) is 0. The van der Waals surface area contributed by atoms with E-state index in [-0.39, 0.29) is 5.75 Å². The van der Waals surface area contributed by atoms with Gasteiger partial charge in [-0.2, -0.15) is 0 Å². The minimum atomic E-state index is -2.97. The minimum Gasteiger partial charge on any atom is -0.343 e. The first-order valence-corrected chi connectivity index (χ1v) is 7.70. The molecule has 0 fully saturated rings. The third-order valence-corrected chi connectivity index (χ3v) is 3.56. The molecule has 0 saturated carbocycles. The van der Waals surface area contributed by atoms with Crippen molar-refractivity contribution in [1.29, 1.82) is 0 Å². The molecule has 1 aromatic rings. The van der Waals surface area contributed by atoms with Gasteiger partial charge >= 0.3 is 0 Å². The van der Waals surface area contributed by atoms with E-state index in [4.69, 9.17) is 11.6 Å². The van der Waals surface area contributed by atoms with E-state index in [1.165, 1.54) is 6.26 Å². The lowest BCUT2D eigenvalue weighted by atomic mass is 10.3. The molecule has 0 aliphatic carbocycles. The fraction of sp³-hybridized carbons (Fsp3) is 0.600. The largest absolute Gasteiger partial charge is 0.343 e. The van der Waals surface area contributed by atoms with Crippen LogP contribution in [0.2, 0.25) is 0 Å². The Morgan fingerprint density at radius 3 is 2.59 bits per heavy atom. The average Bonchev–Trinajstić information content (AvgIpc) is 2.24. The van der Waals surface area contributed by atoms with E-state index in [0.717, 1.165) is 11.3 Å². The molecule has 0 spiro atoms. The Labute approximate surface area is 107 Å². The zero-order valence-electron chi connectivity index (χ0n) is 10.1. The average molecular weight is 278 g/mol. The van der Waals surface area contributed by atoms with Crippen molar-refractivity contribution in [2.75, 3.05) is 30.5 Å². The first kappa shape index (κ1) is 14.2. The zero-order valence-corrected chi connectivity index (χ0v) is 11.7. The summed E-state index contributed by atoms with van der Waals surface area (Å²) in [4.78, 5) is 10.1. The Kier molecular flexibility index (Phi) is 4.70. The number of rotatable bonds is 5. The maximum absolute atomic E-state index is 11.0. The molecule has 96 valence electrons. The number of nitrogens with zero attached hydrogens (tertiary/aromatic N) is 3. The summed E-state index contributed by atoms with van der Waals surface area (Å²) in [7, 11) is -1.20. The SMILES string of the molecule is Cc1nc(N(C)CCS(C)(=O)=O)ncc1CCl. The fourth-order valence-electron chi connectivity index (χ4n) is 1.20. The van der Waals surface area contributed by atoms with Crippen LogP contribution < -0.4 is 4.90 Å². The lowest BCUT2D eigenvalue weighted by Gasteiger charge is -2.17. The fourth-order valence-corrected chi connectivity index (χ4v) is 2.07. The van der Waals surface area contributed by atoms with Crippen molar-refractivity contribution < 1.29 is 8.42 Å². The Hall–Kier alpha value is -0.880. The number of hydrogen-bond acceptors (Lipinski definition) is 5. The maximum Gasteiger partial charge on any atom is 0.225 e. The molecule has 0 aliphatic rings. The topological polar surface area (TPSA) is 63.2 Å². The molecular formula is C10H16ClN3O2S. The van der Waals surface area contributed by atoms with Gasteiger partial charge in [0.15, 0.2) is 0 Å². The number of aromatic nitrogens is 2. The van der Waals surface area contributed by atoms with Crippen molar-refractivity contribution in [3.8, 4) is 0 Å². The van der Waals surface area contributed by atoms with Crippen molar-refractivity contribution in [3.05, 3.63) is 17.5 Å². The van der Waals surface area contributed by atoms with Crippen molar-refractivity contribution in [1.82, 2.24) is 9.97 Å². The summed E-state index contributed by atoms with van der Waals surface area (Å²) in [6, 6.07) is 0. The molecule has 0 aliphatic heterocycles. The molecule has 0 N–H and O–H groups in total. The van der Waals surface area contributed by atoms with Crippen LogP contribution >= 0.6 is 11.6 Å². The van der Waals surface area contributed by atoms with Crippen LogP contribution in [0, 0.1) is 6.92 Å². The second kappa shape index (κ2) is 5.64. The second-order valence-electron chi connectivity index (χ2n) is 3.97. The monoisotopic (exact) mass is 277 g/mol. The van der Waals surface area contributed by atoms with Gasteiger partial charge in [0.2, 0.25) is 5.95 Å². The van der Waals surface area contributed by atoms with Gasteiger partial charge in [-0.05, 0) is 6.92 Å². The molecule has 7 heteroatoms. The van der Waals surface area contributed by atoms with Crippen LogP contribution in [0.25, 0.3) is 0 Å². The molecule has 0 radical (unpaired) electrons. The van der Waals surface area contributed by atoms with Crippen LogP contribution in [0.5, 0.6) is 0 Å². The Balaban J connectivity index is 2.76. The summed E-state index contributed by atoms with van der Waals surface area (Å²) in [5, 5.41) is 0. The van der Waals surface area contributed by atoms with Gasteiger partial charge in [0.1, 0.15) is 9.84 Å². The van der Waals surface area contributed by atoms with Gasteiger partial charge in [-0.15, -0.1) is 11.6 Å². The van der Waals surface area contributed by atoms with Gasteiger partial charge in [-0.3, -0.25) is 0 Å². The van der Waals surface area contributed by atoms with Crippen molar-refractivity contribution in [2.45, 2.75) is 12.8 Å². The molecule has 0 amide bonds. The summed E-state index contributed by atoms with van der Waals surface area (Å²) in [5.41, 5.74) is 1.70. The molecule has 1 rings (SSSR count). The number of alkyl halides is 1. The summed E-state index contributed by atoms with van der Waals surface area (Å²) < 4.78 is 22.1. The predicted molar refractivity (Wildman–Crippen MR) is 69.3 cm³/mol. The van der Waals surface area contributed by atoms with E-state index in [1.807, 2.05) is 6.92 Å². The Morgan fingerprint density at radius 2 is 2.12 bits per heavy atom. The van der Waals surface area contributed by atoms with Crippen LogP contribution in [0.15, 0.2) is 6.20 Å².